The van der Waals surface area contributed by atoms with Gasteiger partial charge in [-0.2, -0.15) is 9.37 Å². The van der Waals surface area contributed by atoms with Crippen molar-refractivity contribution in [3.63, 3.8) is 0 Å². The third-order valence-electron chi connectivity index (χ3n) is 4.90. The number of aromatic nitrogens is 1. The van der Waals surface area contributed by atoms with Gasteiger partial charge in [0.2, 0.25) is 0 Å². The Hall–Kier alpha value is -0.430. The van der Waals surface area contributed by atoms with E-state index in [4.69, 9.17) is 11.6 Å². The number of nitrogens with zero attached hydrogens (tertiary/aromatic N) is 2. The molecule has 3 rings (SSSR count). The average Bonchev–Trinajstić information content (AvgIpc) is 3.08. The van der Waals surface area contributed by atoms with Crippen LogP contribution in [0.15, 0.2) is 0 Å². The van der Waals surface area contributed by atoms with Gasteiger partial charge in [-0.1, -0.05) is 22.9 Å². The quantitative estimate of drug-likeness (QED) is 0.775. The van der Waals surface area contributed by atoms with Crippen LogP contribution in [-0.4, -0.2) is 48.1 Å². The lowest BCUT2D eigenvalue weighted by molar-refractivity contribution is 0.147. The number of hydrogen-bond donors (Lipinski definition) is 2. The lowest BCUT2D eigenvalue weighted by atomic mass is 9.86. The Labute approximate surface area is 140 Å². The van der Waals surface area contributed by atoms with Crippen LogP contribution in [0, 0.1) is 5.26 Å². The SMILES string of the molecule is Fc1nc(NCCCCN2CCC3(CCCN3)CC2)c(Cl)s1. The van der Waals surface area contributed by atoms with Crippen LogP contribution in [0.2, 0.25) is 4.34 Å². The van der Waals surface area contributed by atoms with Crippen LogP contribution in [0.3, 0.4) is 0 Å². The Bertz CT molecular complexity index is 480. The van der Waals surface area contributed by atoms with E-state index in [0.717, 1.165) is 37.3 Å². The van der Waals surface area contributed by atoms with Crippen molar-refractivity contribution in [1.29, 1.82) is 0 Å². The van der Waals surface area contributed by atoms with Crippen molar-refractivity contribution in [2.75, 3.05) is 38.0 Å². The number of unbranched alkanes of at least 4 members (excludes halogenated alkanes) is 1. The van der Waals surface area contributed by atoms with Gasteiger partial charge < -0.3 is 15.5 Å². The van der Waals surface area contributed by atoms with Crippen LogP contribution < -0.4 is 10.6 Å². The van der Waals surface area contributed by atoms with E-state index in [1.165, 1.54) is 45.3 Å². The summed E-state index contributed by atoms with van der Waals surface area (Å²) in [5.41, 5.74) is 0.462. The number of rotatable bonds is 6. The van der Waals surface area contributed by atoms with Gasteiger partial charge in [-0.05, 0) is 64.7 Å². The number of hydrogen-bond acceptors (Lipinski definition) is 5. The second-order valence-corrected chi connectivity index (χ2v) is 7.93. The molecule has 0 unspecified atom stereocenters. The maximum absolute atomic E-state index is 12.9. The topological polar surface area (TPSA) is 40.2 Å². The molecule has 0 aromatic carbocycles. The molecule has 4 nitrogen and oxygen atoms in total. The Morgan fingerprint density at radius 1 is 1.32 bits per heavy atom. The second-order valence-electron chi connectivity index (χ2n) is 6.38. The Morgan fingerprint density at radius 2 is 2.14 bits per heavy atom. The van der Waals surface area contributed by atoms with E-state index in [-0.39, 0.29) is 0 Å². The Balaban J connectivity index is 1.29. The molecule has 1 spiro atoms. The standard InChI is InChI=1S/C15H24ClFN4S/c16-12-13(20-14(17)22-12)18-7-1-2-9-21-10-5-15(6-11-21)4-3-8-19-15/h18-19H,1-11H2. The zero-order chi connectivity index (χ0) is 15.4. The number of halogens is 2. The van der Waals surface area contributed by atoms with Gasteiger partial charge >= 0.3 is 0 Å². The van der Waals surface area contributed by atoms with Crippen molar-refractivity contribution in [2.24, 2.45) is 0 Å². The molecule has 2 aliphatic heterocycles. The van der Waals surface area contributed by atoms with Gasteiger partial charge in [-0.15, -0.1) is 0 Å². The summed E-state index contributed by atoms with van der Waals surface area (Å²) in [6.07, 6.45) is 7.48. The van der Waals surface area contributed by atoms with E-state index >= 15 is 0 Å². The third kappa shape index (κ3) is 4.10. The van der Waals surface area contributed by atoms with E-state index in [0.29, 0.717) is 15.7 Å². The lowest BCUT2D eigenvalue weighted by Gasteiger charge is -2.39. The Morgan fingerprint density at radius 3 is 2.77 bits per heavy atom. The molecule has 1 aromatic heterocycles. The first-order valence-electron chi connectivity index (χ1n) is 8.20. The molecular formula is C15H24ClFN4S. The largest absolute Gasteiger partial charge is 0.368 e. The number of nitrogens with one attached hydrogen (secondary N) is 2. The smallest absolute Gasteiger partial charge is 0.272 e. The van der Waals surface area contributed by atoms with Crippen LogP contribution in [-0.2, 0) is 0 Å². The maximum atomic E-state index is 12.9. The molecule has 0 radical (unpaired) electrons. The summed E-state index contributed by atoms with van der Waals surface area (Å²) < 4.78 is 13.3. The highest BCUT2D eigenvalue weighted by Crippen LogP contribution is 2.31. The zero-order valence-corrected chi connectivity index (χ0v) is 14.4. The number of piperidine rings is 1. The molecule has 1 aromatic rings. The van der Waals surface area contributed by atoms with Crippen LogP contribution in [0.25, 0.3) is 0 Å². The fraction of sp³-hybridized carbons (Fsp3) is 0.800. The summed E-state index contributed by atoms with van der Waals surface area (Å²) in [5.74, 6) is 0.483. The van der Waals surface area contributed by atoms with Crippen LogP contribution >= 0.6 is 22.9 Å². The fourth-order valence-corrected chi connectivity index (χ4v) is 4.35. The summed E-state index contributed by atoms with van der Waals surface area (Å²) in [4.78, 5) is 6.30. The molecule has 0 atom stereocenters. The predicted octanol–water partition coefficient (Wildman–Crippen LogP) is 3.35. The third-order valence-corrected chi connectivity index (χ3v) is 5.94. The van der Waals surface area contributed by atoms with Gasteiger partial charge in [0, 0.05) is 12.1 Å². The van der Waals surface area contributed by atoms with Gasteiger partial charge in [0.15, 0.2) is 5.82 Å². The summed E-state index contributed by atoms with van der Waals surface area (Å²) in [7, 11) is 0. The molecule has 2 aliphatic rings. The van der Waals surface area contributed by atoms with Crippen LogP contribution in [0.4, 0.5) is 10.2 Å². The van der Waals surface area contributed by atoms with E-state index in [9.17, 15) is 4.39 Å². The molecule has 0 amide bonds. The lowest BCUT2D eigenvalue weighted by Crippen LogP contribution is -2.50. The van der Waals surface area contributed by atoms with E-state index in [2.05, 4.69) is 20.5 Å². The minimum absolute atomic E-state index is 0.405. The average molecular weight is 347 g/mol. The summed E-state index contributed by atoms with van der Waals surface area (Å²) in [6.45, 7) is 5.57. The van der Waals surface area contributed by atoms with Crippen LogP contribution in [0.1, 0.15) is 38.5 Å². The summed E-state index contributed by atoms with van der Waals surface area (Å²) >= 11 is 6.75. The summed E-state index contributed by atoms with van der Waals surface area (Å²) in [6, 6.07) is 0. The predicted molar refractivity (Wildman–Crippen MR) is 90.4 cm³/mol. The Kier molecular flexibility index (Phi) is 5.55. The molecule has 0 aliphatic carbocycles. The highest BCUT2D eigenvalue weighted by molar-refractivity contribution is 7.15. The second kappa shape index (κ2) is 7.43. The number of anilines is 1. The normalized spacial score (nSPS) is 21.5. The molecule has 7 heteroatoms. The number of likely N-dealkylation sites (tertiary alicyclic amines) is 1. The molecule has 0 bridgehead atoms. The minimum atomic E-state index is -0.477. The van der Waals surface area contributed by atoms with Crippen LogP contribution in [0.5, 0.6) is 0 Å². The molecule has 2 N–H and O–H groups in total. The zero-order valence-electron chi connectivity index (χ0n) is 12.8. The van der Waals surface area contributed by atoms with Gasteiger partial charge in [-0.25, -0.2) is 0 Å². The molecular weight excluding hydrogens is 323 g/mol. The van der Waals surface area contributed by atoms with E-state index in [1.54, 1.807) is 0 Å². The monoisotopic (exact) mass is 346 g/mol. The highest BCUT2D eigenvalue weighted by atomic mass is 35.5. The first-order chi connectivity index (χ1) is 10.7. The van der Waals surface area contributed by atoms with Crippen molar-refractivity contribution >= 4 is 28.8 Å². The van der Waals surface area contributed by atoms with Gasteiger partial charge in [-0.3, -0.25) is 0 Å². The van der Waals surface area contributed by atoms with E-state index < -0.39 is 5.26 Å². The van der Waals surface area contributed by atoms with Crippen molar-refractivity contribution in [2.45, 2.75) is 44.1 Å². The highest BCUT2D eigenvalue weighted by Gasteiger charge is 2.36. The number of thiazole rings is 1. The van der Waals surface area contributed by atoms with Gasteiger partial charge in [0.1, 0.15) is 4.34 Å². The summed E-state index contributed by atoms with van der Waals surface area (Å²) in [5, 5.41) is 6.34. The van der Waals surface area contributed by atoms with Crippen molar-refractivity contribution < 1.29 is 4.39 Å². The first-order valence-corrected chi connectivity index (χ1v) is 9.39. The first kappa shape index (κ1) is 16.4. The van der Waals surface area contributed by atoms with E-state index in [1.807, 2.05) is 0 Å². The van der Waals surface area contributed by atoms with Crippen molar-refractivity contribution in [3.8, 4) is 0 Å². The molecule has 22 heavy (non-hydrogen) atoms. The van der Waals surface area contributed by atoms with Crippen molar-refractivity contribution in [3.05, 3.63) is 9.60 Å². The molecule has 3 heterocycles. The molecule has 0 saturated carbocycles. The minimum Gasteiger partial charge on any atom is -0.368 e. The molecule has 2 saturated heterocycles. The fourth-order valence-electron chi connectivity index (χ4n) is 3.55. The molecule has 2 fully saturated rings. The van der Waals surface area contributed by atoms with Crippen molar-refractivity contribution in [1.82, 2.24) is 15.2 Å². The van der Waals surface area contributed by atoms with Gasteiger partial charge in [0.25, 0.3) is 5.26 Å². The molecule has 124 valence electrons. The maximum Gasteiger partial charge on any atom is 0.272 e. The van der Waals surface area contributed by atoms with Gasteiger partial charge in [0.05, 0.1) is 0 Å².